The minimum atomic E-state index is -4.43. The van der Waals surface area contributed by atoms with Gasteiger partial charge in [-0.1, -0.05) is 12.1 Å². The molecule has 0 aliphatic rings. The molecule has 0 aliphatic carbocycles. The van der Waals surface area contributed by atoms with E-state index in [0.29, 0.717) is 0 Å². The lowest BCUT2D eigenvalue weighted by molar-refractivity contribution is -0.140. The van der Waals surface area contributed by atoms with Crippen molar-refractivity contribution in [3.8, 4) is 0 Å². The molecule has 0 bridgehead atoms. The van der Waals surface area contributed by atoms with Gasteiger partial charge in [-0.25, -0.2) is 8.78 Å². The van der Waals surface area contributed by atoms with Crippen LogP contribution >= 0.6 is 0 Å². The van der Waals surface area contributed by atoms with E-state index in [0.717, 1.165) is 18.2 Å². The second kappa shape index (κ2) is 4.78. The lowest BCUT2D eigenvalue weighted by atomic mass is 10.0. The topological polar surface area (TPSA) is 20.2 Å². The van der Waals surface area contributed by atoms with Gasteiger partial charge in [0.05, 0.1) is 6.10 Å². The van der Waals surface area contributed by atoms with Crippen molar-refractivity contribution < 1.29 is 27.1 Å². The molecule has 0 saturated carbocycles. The van der Waals surface area contributed by atoms with Crippen molar-refractivity contribution in [1.82, 2.24) is 0 Å². The summed E-state index contributed by atoms with van der Waals surface area (Å²) in [6.07, 6.45) is -8.02. The first-order valence-corrected chi connectivity index (χ1v) is 4.50. The average molecular weight is 240 g/mol. The highest BCUT2D eigenvalue weighted by Crippen LogP contribution is 2.29. The Hall–Kier alpha value is -1.17. The Kier molecular flexibility index (Phi) is 3.85. The number of alkyl halides is 3. The van der Waals surface area contributed by atoms with Crippen LogP contribution in [0.15, 0.2) is 18.2 Å². The van der Waals surface area contributed by atoms with E-state index in [9.17, 15) is 27.1 Å². The van der Waals surface area contributed by atoms with Crippen molar-refractivity contribution in [1.29, 1.82) is 0 Å². The van der Waals surface area contributed by atoms with E-state index < -0.39 is 42.3 Å². The molecular formula is C10H9F5O. The summed E-state index contributed by atoms with van der Waals surface area (Å²) >= 11 is 0. The molecule has 16 heavy (non-hydrogen) atoms. The fraction of sp³-hybridized carbons (Fsp3) is 0.400. The third-order valence-corrected chi connectivity index (χ3v) is 2.04. The normalized spacial score (nSPS) is 13.9. The van der Waals surface area contributed by atoms with Crippen molar-refractivity contribution >= 4 is 0 Å². The van der Waals surface area contributed by atoms with Crippen molar-refractivity contribution in [2.24, 2.45) is 0 Å². The summed E-state index contributed by atoms with van der Waals surface area (Å²) in [6, 6.07) is 3.01. The highest BCUT2D eigenvalue weighted by atomic mass is 19.4. The summed E-state index contributed by atoms with van der Waals surface area (Å²) in [7, 11) is 0. The van der Waals surface area contributed by atoms with E-state index in [1.807, 2.05) is 0 Å². The van der Waals surface area contributed by atoms with Crippen molar-refractivity contribution in [2.75, 3.05) is 0 Å². The van der Waals surface area contributed by atoms with Crippen LogP contribution in [-0.4, -0.2) is 11.3 Å². The smallest absolute Gasteiger partial charge is 0.388 e. The molecule has 1 unspecified atom stereocenters. The molecule has 1 N–H and O–H groups in total. The first kappa shape index (κ1) is 12.9. The lowest BCUT2D eigenvalue weighted by Gasteiger charge is -2.13. The van der Waals surface area contributed by atoms with E-state index in [2.05, 4.69) is 0 Å². The molecule has 6 heteroatoms. The van der Waals surface area contributed by atoms with E-state index in [-0.39, 0.29) is 0 Å². The molecular weight excluding hydrogens is 231 g/mol. The third-order valence-electron chi connectivity index (χ3n) is 2.04. The van der Waals surface area contributed by atoms with Gasteiger partial charge in [0.1, 0.15) is 0 Å². The molecule has 0 fully saturated rings. The van der Waals surface area contributed by atoms with Gasteiger partial charge in [-0.3, -0.25) is 0 Å². The Labute approximate surface area is 88.5 Å². The van der Waals surface area contributed by atoms with Crippen LogP contribution in [0.2, 0.25) is 0 Å². The molecule has 0 aromatic heterocycles. The number of halogens is 5. The minimum absolute atomic E-state index is 0.454. The number of hydrogen-bond acceptors (Lipinski definition) is 1. The molecule has 0 aliphatic heterocycles. The quantitative estimate of drug-likeness (QED) is 0.803. The van der Waals surface area contributed by atoms with Gasteiger partial charge in [-0.15, -0.1) is 0 Å². The molecule has 0 heterocycles. The first-order chi connectivity index (χ1) is 7.31. The number of aliphatic hydroxyl groups is 1. The number of aliphatic hydroxyl groups excluding tert-OH is 1. The zero-order chi connectivity index (χ0) is 12.3. The molecule has 0 spiro atoms. The highest BCUT2D eigenvalue weighted by molar-refractivity contribution is 5.21. The van der Waals surface area contributed by atoms with E-state index in [1.54, 1.807) is 0 Å². The lowest BCUT2D eigenvalue weighted by Crippen LogP contribution is -2.11. The predicted molar refractivity (Wildman–Crippen MR) is 46.6 cm³/mol. The SMILES string of the molecule is OC(CCC(F)(F)F)c1cccc(F)c1F. The summed E-state index contributed by atoms with van der Waals surface area (Å²) < 4.78 is 61.3. The molecule has 1 aromatic carbocycles. The van der Waals surface area contributed by atoms with E-state index in [1.165, 1.54) is 0 Å². The summed E-state index contributed by atoms with van der Waals surface area (Å²) in [6.45, 7) is 0. The molecule has 0 amide bonds. The second-order valence-corrected chi connectivity index (χ2v) is 3.31. The first-order valence-electron chi connectivity index (χ1n) is 4.50. The van der Waals surface area contributed by atoms with Gasteiger partial charge in [0, 0.05) is 12.0 Å². The van der Waals surface area contributed by atoms with Crippen molar-refractivity contribution in [2.45, 2.75) is 25.1 Å². The Morgan fingerprint density at radius 1 is 1.19 bits per heavy atom. The second-order valence-electron chi connectivity index (χ2n) is 3.31. The molecule has 0 saturated heterocycles. The fourth-order valence-corrected chi connectivity index (χ4v) is 1.23. The highest BCUT2D eigenvalue weighted by Gasteiger charge is 2.29. The molecule has 1 rings (SSSR count). The Morgan fingerprint density at radius 2 is 1.81 bits per heavy atom. The molecule has 0 radical (unpaired) electrons. The third kappa shape index (κ3) is 3.44. The van der Waals surface area contributed by atoms with E-state index >= 15 is 0 Å². The maximum atomic E-state index is 13.1. The average Bonchev–Trinajstić information content (AvgIpc) is 2.17. The fourth-order valence-electron chi connectivity index (χ4n) is 1.23. The number of rotatable bonds is 3. The summed E-state index contributed by atoms with van der Waals surface area (Å²) in [5, 5.41) is 9.28. The van der Waals surface area contributed by atoms with Crippen LogP contribution < -0.4 is 0 Å². The summed E-state index contributed by atoms with van der Waals surface area (Å²) in [4.78, 5) is 0. The van der Waals surface area contributed by atoms with Gasteiger partial charge in [0.15, 0.2) is 11.6 Å². The Bertz CT molecular complexity index is 361. The van der Waals surface area contributed by atoms with Gasteiger partial charge >= 0.3 is 6.18 Å². The van der Waals surface area contributed by atoms with E-state index in [4.69, 9.17) is 0 Å². The van der Waals surface area contributed by atoms with Gasteiger partial charge in [-0.2, -0.15) is 13.2 Å². The zero-order valence-corrected chi connectivity index (χ0v) is 8.06. The van der Waals surface area contributed by atoms with Gasteiger partial charge in [0.2, 0.25) is 0 Å². The van der Waals surface area contributed by atoms with Crippen molar-refractivity contribution in [3.63, 3.8) is 0 Å². The van der Waals surface area contributed by atoms with Crippen LogP contribution in [0.5, 0.6) is 0 Å². The Morgan fingerprint density at radius 3 is 2.38 bits per heavy atom. The predicted octanol–water partition coefficient (Wildman–Crippen LogP) is 3.34. The maximum absolute atomic E-state index is 13.1. The summed E-state index contributed by atoms with van der Waals surface area (Å²) in [5.74, 6) is -2.50. The monoisotopic (exact) mass is 240 g/mol. The molecule has 90 valence electrons. The largest absolute Gasteiger partial charge is 0.389 e. The Balaban J connectivity index is 2.73. The van der Waals surface area contributed by atoms with Crippen molar-refractivity contribution in [3.05, 3.63) is 35.4 Å². The molecule has 1 atom stereocenters. The zero-order valence-electron chi connectivity index (χ0n) is 8.06. The molecule has 1 aromatic rings. The molecule has 1 nitrogen and oxygen atoms in total. The van der Waals surface area contributed by atoms with Crippen LogP contribution in [-0.2, 0) is 0 Å². The standard InChI is InChI=1S/C10H9F5O/c11-7-3-1-2-6(9(7)12)8(16)4-5-10(13,14)15/h1-3,8,16H,4-5H2. The van der Waals surface area contributed by atoms with Crippen LogP contribution in [0.4, 0.5) is 22.0 Å². The van der Waals surface area contributed by atoms with Crippen LogP contribution in [0.3, 0.4) is 0 Å². The number of hydrogen-bond donors (Lipinski definition) is 1. The van der Waals surface area contributed by atoms with Crippen LogP contribution in [0.1, 0.15) is 24.5 Å². The maximum Gasteiger partial charge on any atom is 0.389 e. The number of benzene rings is 1. The van der Waals surface area contributed by atoms with Gasteiger partial charge in [-0.05, 0) is 12.5 Å². The van der Waals surface area contributed by atoms with Gasteiger partial charge in [0.25, 0.3) is 0 Å². The summed E-state index contributed by atoms with van der Waals surface area (Å²) in [5.41, 5.74) is -0.454. The van der Waals surface area contributed by atoms with Gasteiger partial charge < -0.3 is 5.11 Å². The van der Waals surface area contributed by atoms with Crippen LogP contribution in [0.25, 0.3) is 0 Å². The van der Waals surface area contributed by atoms with Crippen LogP contribution in [0, 0.1) is 11.6 Å². The minimum Gasteiger partial charge on any atom is -0.388 e.